The third kappa shape index (κ3) is 4.07. The number of hydrogen-bond donors (Lipinski definition) is 1. The van der Waals surface area contributed by atoms with Crippen molar-refractivity contribution >= 4 is 0 Å². The van der Waals surface area contributed by atoms with E-state index in [4.69, 9.17) is 0 Å². The number of likely N-dealkylation sites (tertiary alicyclic amines) is 1. The van der Waals surface area contributed by atoms with Crippen LogP contribution in [0, 0.1) is 12.8 Å². The second kappa shape index (κ2) is 7.80. The Morgan fingerprint density at radius 2 is 2.10 bits per heavy atom. The largest absolute Gasteiger partial charge is 0.309 e. The van der Waals surface area contributed by atoms with Crippen LogP contribution >= 0.6 is 0 Å². The average molecular weight is 274 g/mol. The molecular formula is C18H30N2. The van der Waals surface area contributed by atoms with Gasteiger partial charge in [-0.1, -0.05) is 44.5 Å². The zero-order valence-electron chi connectivity index (χ0n) is 13.4. The summed E-state index contributed by atoms with van der Waals surface area (Å²) >= 11 is 0. The fourth-order valence-corrected chi connectivity index (χ4v) is 3.24. The number of nitrogens with one attached hydrogen (secondary N) is 1. The van der Waals surface area contributed by atoms with Gasteiger partial charge in [0.25, 0.3) is 0 Å². The zero-order chi connectivity index (χ0) is 14.4. The Morgan fingerprint density at radius 3 is 2.75 bits per heavy atom. The van der Waals surface area contributed by atoms with Crippen molar-refractivity contribution in [2.24, 2.45) is 5.92 Å². The molecule has 0 radical (unpaired) electrons. The summed E-state index contributed by atoms with van der Waals surface area (Å²) < 4.78 is 0. The summed E-state index contributed by atoms with van der Waals surface area (Å²) in [5.74, 6) is 0.915. The molecule has 112 valence electrons. The van der Waals surface area contributed by atoms with Crippen LogP contribution in [0.15, 0.2) is 24.3 Å². The van der Waals surface area contributed by atoms with E-state index in [-0.39, 0.29) is 0 Å². The van der Waals surface area contributed by atoms with Gasteiger partial charge >= 0.3 is 0 Å². The smallest absolute Gasteiger partial charge is 0.0451 e. The molecule has 0 amide bonds. The molecule has 2 atom stereocenters. The molecule has 0 aromatic heterocycles. The summed E-state index contributed by atoms with van der Waals surface area (Å²) in [7, 11) is 0. The summed E-state index contributed by atoms with van der Waals surface area (Å²) in [5, 5.41) is 3.74. The third-order valence-corrected chi connectivity index (χ3v) is 4.59. The predicted molar refractivity (Wildman–Crippen MR) is 87.1 cm³/mol. The van der Waals surface area contributed by atoms with Gasteiger partial charge in [-0.05, 0) is 49.9 Å². The van der Waals surface area contributed by atoms with Gasteiger partial charge in [-0.15, -0.1) is 0 Å². The Kier molecular flexibility index (Phi) is 6.06. The first-order valence-electron chi connectivity index (χ1n) is 8.25. The molecule has 1 aromatic rings. The lowest BCUT2D eigenvalue weighted by Crippen LogP contribution is -2.35. The van der Waals surface area contributed by atoms with Gasteiger partial charge in [0, 0.05) is 19.1 Å². The Morgan fingerprint density at radius 1 is 1.30 bits per heavy atom. The first kappa shape index (κ1) is 15.5. The Labute approximate surface area is 124 Å². The SMILES string of the molecule is CCCNC(CN1CCC(CC)C1)c1ccccc1C. The summed E-state index contributed by atoms with van der Waals surface area (Å²) in [6.07, 6.45) is 3.90. The van der Waals surface area contributed by atoms with Crippen LogP contribution < -0.4 is 5.32 Å². The summed E-state index contributed by atoms with van der Waals surface area (Å²) in [4.78, 5) is 2.65. The Bertz CT molecular complexity index is 402. The van der Waals surface area contributed by atoms with E-state index >= 15 is 0 Å². The number of hydrogen-bond acceptors (Lipinski definition) is 2. The highest BCUT2D eigenvalue weighted by Gasteiger charge is 2.24. The fourth-order valence-electron chi connectivity index (χ4n) is 3.24. The molecule has 1 aromatic carbocycles. The second-order valence-corrected chi connectivity index (χ2v) is 6.19. The summed E-state index contributed by atoms with van der Waals surface area (Å²) in [6, 6.07) is 9.30. The Balaban J connectivity index is 2.02. The molecule has 1 aliphatic heterocycles. The van der Waals surface area contributed by atoms with Gasteiger partial charge in [0.1, 0.15) is 0 Å². The molecule has 0 saturated carbocycles. The first-order chi connectivity index (χ1) is 9.74. The van der Waals surface area contributed by atoms with Gasteiger partial charge in [-0.2, -0.15) is 0 Å². The number of rotatable bonds is 7. The normalized spacial score (nSPS) is 21.2. The monoisotopic (exact) mass is 274 g/mol. The lowest BCUT2D eigenvalue weighted by atomic mass is 10.0. The zero-order valence-corrected chi connectivity index (χ0v) is 13.4. The quantitative estimate of drug-likeness (QED) is 0.814. The summed E-state index contributed by atoms with van der Waals surface area (Å²) in [6.45, 7) is 11.6. The van der Waals surface area contributed by atoms with E-state index < -0.39 is 0 Å². The number of benzene rings is 1. The molecule has 2 heteroatoms. The van der Waals surface area contributed by atoms with Crippen molar-refractivity contribution in [2.45, 2.75) is 46.1 Å². The van der Waals surface area contributed by atoms with E-state index in [2.05, 4.69) is 55.3 Å². The number of aryl methyl sites for hydroxylation is 1. The van der Waals surface area contributed by atoms with Crippen LogP contribution in [0.1, 0.15) is 50.3 Å². The molecule has 1 N–H and O–H groups in total. The van der Waals surface area contributed by atoms with Gasteiger partial charge in [-0.3, -0.25) is 0 Å². The maximum atomic E-state index is 3.74. The molecule has 1 saturated heterocycles. The van der Waals surface area contributed by atoms with Crippen LogP contribution in [0.4, 0.5) is 0 Å². The minimum absolute atomic E-state index is 0.478. The summed E-state index contributed by atoms with van der Waals surface area (Å²) in [5.41, 5.74) is 2.88. The van der Waals surface area contributed by atoms with E-state index in [1.807, 2.05) is 0 Å². The van der Waals surface area contributed by atoms with Crippen LogP contribution in [-0.2, 0) is 0 Å². The van der Waals surface area contributed by atoms with Crippen LogP contribution in [0.3, 0.4) is 0 Å². The molecule has 20 heavy (non-hydrogen) atoms. The second-order valence-electron chi connectivity index (χ2n) is 6.19. The first-order valence-corrected chi connectivity index (χ1v) is 8.25. The maximum Gasteiger partial charge on any atom is 0.0451 e. The lowest BCUT2D eigenvalue weighted by Gasteiger charge is -2.26. The van der Waals surface area contributed by atoms with Crippen LogP contribution in [-0.4, -0.2) is 31.1 Å². The van der Waals surface area contributed by atoms with Gasteiger partial charge in [-0.25, -0.2) is 0 Å². The molecule has 1 aliphatic rings. The molecule has 2 nitrogen and oxygen atoms in total. The maximum absolute atomic E-state index is 3.74. The molecule has 0 aliphatic carbocycles. The van der Waals surface area contributed by atoms with Crippen molar-refractivity contribution in [3.05, 3.63) is 35.4 Å². The molecule has 1 fully saturated rings. The minimum Gasteiger partial charge on any atom is -0.309 e. The standard InChI is InChI=1S/C18H30N2/c1-4-11-19-18(17-9-7-6-8-15(17)3)14-20-12-10-16(5-2)13-20/h6-9,16,18-19H,4-5,10-14H2,1-3H3. The van der Waals surface area contributed by atoms with Crippen molar-refractivity contribution < 1.29 is 0 Å². The Hall–Kier alpha value is -0.860. The average Bonchev–Trinajstić information content (AvgIpc) is 2.92. The molecule has 2 rings (SSSR count). The molecule has 1 heterocycles. The van der Waals surface area contributed by atoms with Crippen LogP contribution in [0.5, 0.6) is 0 Å². The molecule has 0 spiro atoms. The van der Waals surface area contributed by atoms with Crippen LogP contribution in [0.2, 0.25) is 0 Å². The predicted octanol–water partition coefficient (Wildman–Crippen LogP) is 3.77. The van der Waals surface area contributed by atoms with Crippen molar-refractivity contribution in [3.63, 3.8) is 0 Å². The van der Waals surface area contributed by atoms with E-state index in [0.717, 1.165) is 19.0 Å². The van der Waals surface area contributed by atoms with Crippen molar-refractivity contribution in [1.82, 2.24) is 10.2 Å². The molecular weight excluding hydrogens is 244 g/mol. The third-order valence-electron chi connectivity index (χ3n) is 4.59. The highest BCUT2D eigenvalue weighted by atomic mass is 15.2. The van der Waals surface area contributed by atoms with E-state index in [1.165, 1.54) is 43.5 Å². The van der Waals surface area contributed by atoms with E-state index in [0.29, 0.717) is 6.04 Å². The van der Waals surface area contributed by atoms with Gasteiger partial charge in [0.05, 0.1) is 0 Å². The van der Waals surface area contributed by atoms with Crippen molar-refractivity contribution in [1.29, 1.82) is 0 Å². The highest BCUT2D eigenvalue weighted by Crippen LogP contribution is 2.24. The minimum atomic E-state index is 0.478. The van der Waals surface area contributed by atoms with E-state index in [9.17, 15) is 0 Å². The number of nitrogens with zero attached hydrogens (tertiary/aromatic N) is 1. The highest BCUT2D eigenvalue weighted by molar-refractivity contribution is 5.29. The van der Waals surface area contributed by atoms with Crippen molar-refractivity contribution in [3.8, 4) is 0 Å². The van der Waals surface area contributed by atoms with Gasteiger partial charge < -0.3 is 10.2 Å². The molecule has 2 unspecified atom stereocenters. The van der Waals surface area contributed by atoms with E-state index in [1.54, 1.807) is 0 Å². The lowest BCUT2D eigenvalue weighted by molar-refractivity contribution is 0.281. The fraction of sp³-hybridized carbons (Fsp3) is 0.667. The van der Waals surface area contributed by atoms with Gasteiger partial charge in [0.15, 0.2) is 0 Å². The van der Waals surface area contributed by atoms with Gasteiger partial charge in [0.2, 0.25) is 0 Å². The van der Waals surface area contributed by atoms with Crippen molar-refractivity contribution in [2.75, 3.05) is 26.2 Å². The van der Waals surface area contributed by atoms with Crippen LogP contribution in [0.25, 0.3) is 0 Å². The molecule has 0 bridgehead atoms. The topological polar surface area (TPSA) is 15.3 Å².